The second-order valence-electron chi connectivity index (χ2n) is 6.71. The van der Waals surface area contributed by atoms with Gasteiger partial charge in [0.25, 0.3) is 0 Å². The van der Waals surface area contributed by atoms with Gasteiger partial charge in [0.05, 0.1) is 13.0 Å². The maximum atomic E-state index is 12.5. The lowest BCUT2D eigenvalue weighted by molar-refractivity contribution is -0.132. The molecule has 0 atom stereocenters. The van der Waals surface area contributed by atoms with E-state index in [0.29, 0.717) is 44.2 Å². The average Bonchev–Trinajstić information content (AvgIpc) is 2.70. The summed E-state index contributed by atoms with van der Waals surface area (Å²) in [5.74, 6) is 0.132. The topological polar surface area (TPSA) is 43.9 Å². The van der Waals surface area contributed by atoms with Gasteiger partial charge in [-0.3, -0.25) is 14.5 Å². The molecule has 6 heteroatoms. The predicted molar refractivity (Wildman–Crippen MR) is 108 cm³/mol. The zero-order valence-electron chi connectivity index (χ0n) is 15.5. The van der Waals surface area contributed by atoms with Crippen LogP contribution in [0.2, 0.25) is 5.02 Å². The second kappa shape index (κ2) is 9.02. The molecule has 1 heterocycles. The number of hydrogen-bond donors (Lipinski definition) is 0. The summed E-state index contributed by atoms with van der Waals surface area (Å²) in [4.78, 5) is 30.6. The fourth-order valence-corrected chi connectivity index (χ4v) is 3.37. The Morgan fingerprint density at radius 3 is 2.26 bits per heavy atom. The van der Waals surface area contributed by atoms with E-state index in [4.69, 9.17) is 11.6 Å². The minimum Gasteiger partial charge on any atom is -0.340 e. The van der Waals surface area contributed by atoms with Gasteiger partial charge < -0.3 is 9.80 Å². The smallest absolute Gasteiger partial charge is 0.240 e. The third-order valence-electron chi connectivity index (χ3n) is 4.90. The highest BCUT2D eigenvalue weighted by Crippen LogP contribution is 2.17. The van der Waals surface area contributed by atoms with Crippen LogP contribution < -0.4 is 4.90 Å². The van der Waals surface area contributed by atoms with Crippen molar-refractivity contribution in [1.29, 1.82) is 0 Å². The van der Waals surface area contributed by atoms with Crippen molar-refractivity contribution < 1.29 is 9.59 Å². The number of piperazine rings is 1. The van der Waals surface area contributed by atoms with Gasteiger partial charge in [0.2, 0.25) is 11.8 Å². The van der Waals surface area contributed by atoms with E-state index in [0.717, 1.165) is 11.3 Å². The number of carbonyl (C=O) groups excluding carboxylic acids is 2. The molecule has 0 unspecified atom stereocenters. The summed E-state index contributed by atoms with van der Waals surface area (Å²) in [5, 5.41) is 0.624. The minimum atomic E-state index is 0.0528. The standard InChI is InChI=1S/C21H24ClN3O2/c1-23(18-8-3-2-4-9-18)21(27)16-24-11-13-25(14-12-24)20(26)15-17-7-5-6-10-19(17)22/h2-10H,11-16H2,1H3. The van der Waals surface area contributed by atoms with Crippen LogP contribution in [0.3, 0.4) is 0 Å². The Kier molecular flexibility index (Phi) is 6.48. The van der Waals surface area contributed by atoms with Gasteiger partial charge in [-0.15, -0.1) is 0 Å². The van der Waals surface area contributed by atoms with Crippen LogP contribution in [-0.2, 0) is 16.0 Å². The molecule has 0 radical (unpaired) electrons. The number of amides is 2. The first kappa shape index (κ1) is 19.4. The SMILES string of the molecule is CN(C(=O)CN1CCN(C(=O)Cc2ccccc2Cl)CC1)c1ccccc1. The van der Waals surface area contributed by atoms with E-state index >= 15 is 0 Å². The van der Waals surface area contributed by atoms with Crippen molar-refractivity contribution in [3.63, 3.8) is 0 Å². The zero-order valence-corrected chi connectivity index (χ0v) is 16.2. The zero-order chi connectivity index (χ0) is 19.2. The molecule has 2 amide bonds. The number of benzene rings is 2. The Hall–Kier alpha value is -2.37. The van der Waals surface area contributed by atoms with E-state index in [-0.39, 0.29) is 11.8 Å². The molecule has 1 aliphatic rings. The van der Waals surface area contributed by atoms with Gasteiger partial charge >= 0.3 is 0 Å². The van der Waals surface area contributed by atoms with Gasteiger partial charge in [-0.2, -0.15) is 0 Å². The van der Waals surface area contributed by atoms with Crippen LogP contribution in [0, 0.1) is 0 Å². The quantitative estimate of drug-likeness (QED) is 0.794. The fraction of sp³-hybridized carbons (Fsp3) is 0.333. The van der Waals surface area contributed by atoms with Crippen LogP contribution in [0.15, 0.2) is 54.6 Å². The van der Waals surface area contributed by atoms with Gasteiger partial charge in [0, 0.05) is 43.9 Å². The molecule has 1 saturated heterocycles. The molecule has 0 bridgehead atoms. The third-order valence-corrected chi connectivity index (χ3v) is 5.27. The minimum absolute atomic E-state index is 0.0528. The Labute approximate surface area is 165 Å². The molecule has 5 nitrogen and oxygen atoms in total. The highest BCUT2D eigenvalue weighted by atomic mass is 35.5. The summed E-state index contributed by atoms with van der Waals surface area (Å²) < 4.78 is 0. The van der Waals surface area contributed by atoms with Crippen molar-refractivity contribution in [2.75, 3.05) is 44.7 Å². The lowest BCUT2D eigenvalue weighted by Gasteiger charge is -2.35. The van der Waals surface area contributed by atoms with Crippen LogP contribution in [0.1, 0.15) is 5.56 Å². The maximum Gasteiger partial charge on any atom is 0.240 e. The number of para-hydroxylation sites is 1. The van der Waals surface area contributed by atoms with Gasteiger partial charge in [-0.05, 0) is 23.8 Å². The Morgan fingerprint density at radius 2 is 1.59 bits per heavy atom. The molecule has 2 aromatic rings. The van der Waals surface area contributed by atoms with E-state index < -0.39 is 0 Å². The Bertz CT molecular complexity index is 789. The maximum absolute atomic E-state index is 12.5. The third kappa shape index (κ3) is 5.08. The second-order valence-corrected chi connectivity index (χ2v) is 7.12. The lowest BCUT2D eigenvalue weighted by Crippen LogP contribution is -2.51. The highest BCUT2D eigenvalue weighted by molar-refractivity contribution is 6.31. The highest BCUT2D eigenvalue weighted by Gasteiger charge is 2.24. The summed E-state index contributed by atoms with van der Waals surface area (Å²) in [7, 11) is 1.79. The van der Waals surface area contributed by atoms with Crippen molar-refractivity contribution in [2.45, 2.75) is 6.42 Å². The van der Waals surface area contributed by atoms with E-state index in [9.17, 15) is 9.59 Å². The van der Waals surface area contributed by atoms with Gasteiger partial charge in [-0.25, -0.2) is 0 Å². The number of carbonyl (C=O) groups is 2. The first-order chi connectivity index (χ1) is 13.0. The molecule has 1 aliphatic heterocycles. The summed E-state index contributed by atoms with van der Waals surface area (Å²) in [6, 6.07) is 17.0. The van der Waals surface area contributed by atoms with Gasteiger partial charge in [0.1, 0.15) is 0 Å². The molecule has 0 aromatic heterocycles. The first-order valence-electron chi connectivity index (χ1n) is 9.10. The number of hydrogen-bond acceptors (Lipinski definition) is 3. The van der Waals surface area contributed by atoms with Gasteiger partial charge in [0.15, 0.2) is 0 Å². The summed E-state index contributed by atoms with van der Waals surface area (Å²) >= 11 is 6.15. The largest absolute Gasteiger partial charge is 0.340 e. The molecule has 0 spiro atoms. The van der Waals surface area contributed by atoms with Crippen molar-refractivity contribution in [1.82, 2.24) is 9.80 Å². The number of halogens is 1. The molecular weight excluding hydrogens is 362 g/mol. The van der Waals surface area contributed by atoms with Crippen molar-refractivity contribution in [2.24, 2.45) is 0 Å². The molecule has 2 aromatic carbocycles. The van der Waals surface area contributed by atoms with E-state index in [1.54, 1.807) is 18.0 Å². The van der Waals surface area contributed by atoms with Crippen LogP contribution >= 0.6 is 11.6 Å². The summed E-state index contributed by atoms with van der Waals surface area (Å²) in [6.45, 7) is 3.01. The first-order valence-corrected chi connectivity index (χ1v) is 9.47. The van der Waals surface area contributed by atoms with E-state index in [2.05, 4.69) is 4.90 Å². The van der Waals surface area contributed by atoms with Crippen LogP contribution in [0.25, 0.3) is 0 Å². The van der Waals surface area contributed by atoms with Crippen molar-refractivity contribution >= 4 is 29.1 Å². The monoisotopic (exact) mass is 385 g/mol. The van der Waals surface area contributed by atoms with Crippen LogP contribution in [0.5, 0.6) is 0 Å². The van der Waals surface area contributed by atoms with Crippen LogP contribution in [-0.4, -0.2) is 61.4 Å². The molecule has 0 N–H and O–H groups in total. The Morgan fingerprint density at radius 1 is 0.963 bits per heavy atom. The van der Waals surface area contributed by atoms with E-state index in [1.807, 2.05) is 53.4 Å². The lowest BCUT2D eigenvalue weighted by atomic mass is 10.1. The number of likely N-dealkylation sites (N-methyl/N-ethyl adjacent to an activating group) is 1. The number of anilines is 1. The van der Waals surface area contributed by atoms with Crippen molar-refractivity contribution in [3.05, 3.63) is 65.2 Å². The molecule has 3 rings (SSSR count). The van der Waals surface area contributed by atoms with Gasteiger partial charge in [-0.1, -0.05) is 48.0 Å². The molecule has 142 valence electrons. The molecule has 0 saturated carbocycles. The predicted octanol–water partition coefficient (Wildman–Crippen LogP) is 2.69. The van der Waals surface area contributed by atoms with Crippen LogP contribution in [0.4, 0.5) is 5.69 Å². The molecule has 0 aliphatic carbocycles. The molecule has 27 heavy (non-hydrogen) atoms. The Balaban J connectivity index is 1.48. The van der Waals surface area contributed by atoms with Crippen molar-refractivity contribution in [3.8, 4) is 0 Å². The number of rotatable bonds is 5. The van der Waals surface area contributed by atoms with E-state index in [1.165, 1.54) is 0 Å². The molecular formula is C21H24ClN3O2. The summed E-state index contributed by atoms with van der Waals surface area (Å²) in [6.07, 6.45) is 0.315. The normalized spacial score (nSPS) is 14.8. The average molecular weight is 386 g/mol. The summed E-state index contributed by atoms with van der Waals surface area (Å²) in [5.41, 5.74) is 1.74. The molecule has 1 fully saturated rings. The number of nitrogens with zero attached hydrogens (tertiary/aromatic N) is 3. The fourth-order valence-electron chi connectivity index (χ4n) is 3.16.